The number of halogens is 3. The maximum Gasteiger partial charge on any atom is 0.358 e. The lowest BCUT2D eigenvalue weighted by Crippen LogP contribution is -2.21. The van der Waals surface area contributed by atoms with E-state index in [1.165, 1.54) is 22.8 Å². The van der Waals surface area contributed by atoms with Gasteiger partial charge in [0, 0.05) is 27.7 Å². The van der Waals surface area contributed by atoms with Gasteiger partial charge in [0.1, 0.15) is 5.01 Å². The molecule has 1 amide bonds. The topological polar surface area (TPSA) is 68.3 Å². The molecular weight excluding hydrogens is 398 g/mol. The number of benzene rings is 2. The first kappa shape index (κ1) is 18.9. The zero-order chi connectivity index (χ0) is 19.4. The molecule has 3 rings (SSSR count). The Bertz CT molecular complexity index is 1010. The summed E-state index contributed by atoms with van der Waals surface area (Å²) in [5, 5.41) is 4.93. The van der Waals surface area contributed by atoms with Gasteiger partial charge in [-0.3, -0.25) is 4.79 Å². The van der Waals surface area contributed by atoms with Gasteiger partial charge in [0.15, 0.2) is 23.9 Å². The van der Waals surface area contributed by atoms with Crippen LogP contribution in [0.25, 0.3) is 10.6 Å². The smallest absolute Gasteiger partial charge is 0.358 e. The van der Waals surface area contributed by atoms with Crippen LogP contribution in [0.3, 0.4) is 0 Å². The van der Waals surface area contributed by atoms with E-state index >= 15 is 0 Å². The number of thiazole rings is 1. The lowest BCUT2D eigenvalue weighted by Gasteiger charge is -2.06. The highest BCUT2D eigenvalue weighted by atomic mass is 35.5. The number of hydrogen-bond donors (Lipinski definition) is 1. The molecule has 138 valence electrons. The monoisotopic (exact) mass is 408 g/mol. The maximum atomic E-state index is 13.1. The predicted molar refractivity (Wildman–Crippen MR) is 97.8 cm³/mol. The van der Waals surface area contributed by atoms with Crippen molar-refractivity contribution < 1.29 is 23.1 Å². The van der Waals surface area contributed by atoms with Crippen LogP contribution in [0.4, 0.5) is 14.5 Å². The normalized spacial score (nSPS) is 10.5. The van der Waals surface area contributed by atoms with Gasteiger partial charge in [0.25, 0.3) is 5.91 Å². The predicted octanol–water partition coefficient (Wildman–Crippen LogP) is 4.54. The van der Waals surface area contributed by atoms with Crippen LogP contribution < -0.4 is 5.32 Å². The second-order valence-electron chi connectivity index (χ2n) is 5.30. The molecule has 27 heavy (non-hydrogen) atoms. The molecule has 0 radical (unpaired) electrons. The summed E-state index contributed by atoms with van der Waals surface area (Å²) in [7, 11) is 0. The average Bonchev–Trinajstić information content (AvgIpc) is 3.13. The Labute approximate surface area is 161 Å². The molecule has 0 atom stereocenters. The van der Waals surface area contributed by atoms with Crippen LogP contribution in [0, 0.1) is 11.6 Å². The number of ether oxygens (including phenoxy) is 1. The zero-order valence-corrected chi connectivity index (χ0v) is 15.1. The number of nitrogens with zero attached hydrogens (tertiary/aromatic N) is 1. The Kier molecular flexibility index (Phi) is 5.78. The minimum Gasteiger partial charge on any atom is -0.451 e. The molecule has 3 aromatic rings. The van der Waals surface area contributed by atoms with Gasteiger partial charge in [-0.15, -0.1) is 11.3 Å². The molecule has 0 spiro atoms. The highest BCUT2D eigenvalue weighted by Crippen LogP contribution is 2.26. The lowest BCUT2D eigenvalue weighted by atomic mass is 10.2. The SMILES string of the molecule is O=C(COC(=O)c1csc(-c2cccc(Cl)c2)n1)Nc1ccc(F)c(F)c1. The Morgan fingerprint density at radius 2 is 1.96 bits per heavy atom. The third-order valence-corrected chi connectivity index (χ3v) is 4.45. The number of esters is 1. The van der Waals surface area contributed by atoms with Crippen molar-refractivity contribution in [2.75, 3.05) is 11.9 Å². The number of carbonyl (C=O) groups is 2. The molecule has 9 heteroatoms. The summed E-state index contributed by atoms with van der Waals surface area (Å²) in [6.07, 6.45) is 0. The van der Waals surface area contributed by atoms with Crippen LogP contribution in [0.5, 0.6) is 0 Å². The van der Waals surface area contributed by atoms with Crippen molar-refractivity contribution in [2.45, 2.75) is 0 Å². The Morgan fingerprint density at radius 3 is 2.70 bits per heavy atom. The fraction of sp³-hybridized carbons (Fsp3) is 0.0556. The van der Waals surface area contributed by atoms with E-state index in [1.54, 1.807) is 24.3 Å². The Morgan fingerprint density at radius 1 is 1.15 bits per heavy atom. The van der Waals surface area contributed by atoms with Crippen molar-refractivity contribution in [1.82, 2.24) is 4.98 Å². The molecule has 1 heterocycles. The molecule has 0 bridgehead atoms. The molecule has 0 aliphatic heterocycles. The van der Waals surface area contributed by atoms with Crippen molar-refractivity contribution in [3.63, 3.8) is 0 Å². The van der Waals surface area contributed by atoms with Crippen molar-refractivity contribution in [1.29, 1.82) is 0 Å². The minimum absolute atomic E-state index is 0.0480. The van der Waals surface area contributed by atoms with E-state index in [-0.39, 0.29) is 11.4 Å². The van der Waals surface area contributed by atoms with Crippen LogP contribution in [0.2, 0.25) is 5.02 Å². The first-order valence-corrected chi connectivity index (χ1v) is 8.81. The molecule has 0 saturated heterocycles. The molecule has 0 aliphatic carbocycles. The highest BCUT2D eigenvalue weighted by Gasteiger charge is 2.15. The third kappa shape index (κ3) is 4.87. The van der Waals surface area contributed by atoms with Crippen molar-refractivity contribution >= 4 is 40.5 Å². The van der Waals surface area contributed by atoms with Crippen LogP contribution in [0.15, 0.2) is 47.8 Å². The summed E-state index contributed by atoms with van der Waals surface area (Å²) in [6.45, 7) is -0.595. The summed E-state index contributed by atoms with van der Waals surface area (Å²) in [5.41, 5.74) is 0.852. The average molecular weight is 409 g/mol. The number of nitrogens with one attached hydrogen (secondary N) is 1. The van der Waals surface area contributed by atoms with E-state index in [2.05, 4.69) is 10.3 Å². The van der Waals surface area contributed by atoms with E-state index in [1.807, 2.05) is 0 Å². The van der Waals surface area contributed by atoms with Gasteiger partial charge >= 0.3 is 5.97 Å². The molecule has 1 N–H and O–H groups in total. The summed E-state index contributed by atoms with van der Waals surface area (Å²) in [5.74, 6) is -3.60. The van der Waals surface area contributed by atoms with Gasteiger partial charge in [-0.1, -0.05) is 23.7 Å². The summed E-state index contributed by atoms with van der Waals surface area (Å²) >= 11 is 7.16. The highest BCUT2D eigenvalue weighted by molar-refractivity contribution is 7.13. The van der Waals surface area contributed by atoms with Gasteiger partial charge in [-0.05, 0) is 24.3 Å². The van der Waals surface area contributed by atoms with E-state index in [4.69, 9.17) is 16.3 Å². The fourth-order valence-electron chi connectivity index (χ4n) is 2.10. The molecule has 0 fully saturated rings. The van der Waals surface area contributed by atoms with Gasteiger partial charge in [-0.2, -0.15) is 0 Å². The minimum atomic E-state index is -1.10. The molecule has 0 unspecified atom stereocenters. The maximum absolute atomic E-state index is 13.1. The zero-order valence-electron chi connectivity index (χ0n) is 13.5. The molecule has 2 aromatic carbocycles. The van der Waals surface area contributed by atoms with Crippen molar-refractivity contribution in [3.8, 4) is 10.6 Å². The Balaban J connectivity index is 1.57. The third-order valence-electron chi connectivity index (χ3n) is 3.32. The Hall–Kier alpha value is -2.84. The number of amides is 1. The number of carbonyl (C=O) groups excluding carboxylic acids is 2. The lowest BCUT2D eigenvalue weighted by molar-refractivity contribution is -0.119. The molecule has 0 saturated carbocycles. The summed E-state index contributed by atoms with van der Waals surface area (Å²) in [4.78, 5) is 28.0. The fourth-order valence-corrected chi connectivity index (χ4v) is 3.07. The number of rotatable bonds is 5. The van der Waals surface area contributed by atoms with E-state index < -0.39 is 30.1 Å². The van der Waals surface area contributed by atoms with Gasteiger partial charge in [0.05, 0.1) is 0 Å². The number of aromatic nitrogens is 1. The molecule has 0 aliphatic rings. The number of hydrogen-bond acceptors (Lipinski definition) is 5. The van der Waals surface area contributed by atoms with Crippen LogP contribution >= 0.6 is 22.9 Å². The van der Waals surface area contributed by atoms with E-state index in [0.29, 0.717) is 10.0 Å². The van der Waals surface area contributed by atoms with Gasteiger partial charge in [0.2, 0.25) is 0 Å². The standard InChI is InChI=1S/C18H11ClF2N2O3S/c19-11-3-1-2-10(6-11)17-23-15(9-27-17)18(25)26-8-16(24)22-12-4-5-13(20)14(21)7-12/h1-7,9H,8H2,(H,22,24). The van der Waals surface area contributed by atoms with Crippen molar-refractivity contribution in [3.05, 3.63) is 70.2 Å². The second kappa shape index (κ2) is 8.24. The van der Waals surface area contributed by atoms with E-state index in [0.717, 1.165) is 17.7 Å². The summed E-state index contributed by atoms with van der Waals surface area (Å²) in [6, 6.07) is 9.89. The van der Waals surface area contributed by atoms with Crippen molar-refractivity contribution in [2.24, 2.45) is 0 Å². The quantitative estimate of drug-likeness (QED) is 0.629. The van der Waals surface area contributed by atoms with E-state index in [9.17, 15) is 18.4 Å². The van der Waals surface area contributed by atoms with Crippen LogP contribution in [-0.4, -0.2) is 23.5 Å². The van der Waals surface area contributed by atoms with Gasteiger partial charge < -0.3 is 10.1 Å². The van der Waals surface area contributed by atoms with Crippen LogP contribution in [0.1, 0.15) is 10.5 Å². The van der Waals surface area contributed by atoms with Gasteiger partial charge in [-0.25, -0.2) is 18.6 Å². The first-order valence-electron chi connectivity index (χ1n) is 7.56. The molecule has 5 nitrogen and oxygen atoms in total. The first-order chi connectivity index (χ1) is 12.9. The molecular formula is C18H11ClF2N2O3S. The second-order valence-corrected chi connectivity index (χ2v) is 6.60. The molecule has 1 aromatic heterocycles. The number of anilines is 1. The largest absolute Gasteiger partial charge is 0.451 e. The van der Waals surface area contributed by atoms with Crippen LogP contribution in [-0.2, 0) is 9.53 Å². The summed E-state index contributed by atoms with van der Waals surface area (Å²) < 4.78 is 30.8.